The van der Waals surface area contributed by atoms with Crippen LogP contribution >= 0.6 is 0 Å². The maximum Gasteiger partial charge on any atom is 0.275 e. The number of anilines is 1. The van der Waals surface area contributed by atoms with E-state index in [0.717, 1.165) is 36.5 Å². The molecule has 1 atom stereocenters. The molecule has 2 aromatic rings. The SMILES string of the molecule is N#Cc1nn(C2CCC(=O)NC2=O)c(=O)c2ccc(N3CCNCC3)cc12. The topological polar surface area (TPSA) is 120 Å². The van der Waals surface area contributed by atoms with Gasteiger partial charge in [0.2, 0.25) is 5.91 Å². The van der Waals surface area contributed by atoms with Crippen molar-refractivity contribution in [3.63, 3.8) is 0 Å². The highest BCUT2D eigenvalue weighted by molar-refractivity contribution is 5.99. The third-order valence-electron chi connectivity index (χ3n) is 5.00. The van der Waals surface area contributed by atoms with Crippen molar-refractivity contribution in [2.75, 3.05) is 31.1 Å². The van der Waals surface area contributed by atoms with Crippen LogP contribution in [0.25, 0.3) is 10.8 Å². The van der Waals surface area contributed by atoms with Gasteiger partial charge in [0, 0.05) is 43.7 Å². The molecule has 9 nitrogen and oxygen atoms in total. The van der Waals surface area contributed by atoms with Gasteiger partial charge in [-0.2, -0.15) is 10.4 Å². The number of hydrogen-bond acceptors (Lipinski definition) is 7. The summed E-state index contributed by atoms with van der Waals surface area (Å²) < 4.78 is 1.03. The van der Waals surface area contributed by atoms with Crippen LogP contribution in [-0.2, 0) is 9.59 Å². The van der Waals surface area contributed by atoms with E-state index in [1.54, 1.807) is 6.07 Å². The molecule has 3 heterocycles. The Morgan fingerprint density at radius 1 is 1.15 bits per heavy atom. The molecule has 4 rings (SSSR count). The third-order valence-corrected chi connectivity index (χ3v) is 5.00. The number of carbonyl (C=O) groups excluding carboxylic acids is 2. The zero-order chi connectivity index (χ0) is 19.0. The molecular weight excluding hydrogens is 348 g/mol. The lowest BCUT2D eigenvalue weighted by Crippen LogP contribution is -2.45. The lowest BCUT2D eigenvalue weighted by atomic mass is 10.1. The van der Waals surface area contributed by atoms with Gasteiger partial charge in [-0.05, 0) is 24.6 Å². The van der Waals surface area contributed by atoms with Crippen LogP contribution in [0.3, 0.4) is 0 Å². The van der Waals surface area contributed by atoms with Crippen molar-refractivity contribution in [3.05, 3.63) is 34.2 Å². The van der Waals surface area contributed by atoms with Gasteiger partial charge in [-0.25, -0.2) is 4.68 Å². The van der Waals surface area contributed by atoms with Gasteiger partial charge in [0.05, 0.1) is 5.39 Å². The van der Waals surface area contributed by atoms with E-state index < -0.39 is 17.5 Å². The van der Waals surface area contributed by atoms with E-state index >= 15 is 0 Å². The highest BCUT2D eigenvalue weighted by Gasteiger charge is 2.30. The predicted molar refractivity (Wildman–Crippen MR) is 97.2 cm³/mol. The molecule has 2 N–H and O–H groups in total. The molecule has 2 aliphatic rings. The predicted octanol–water partition coefficient (Wildman–Crippen LogP) is -0.345. The molecule has 2 saturated heterocycles. The summed E-state index contributed by atoms with van der Waals surface area (Å²) in [5.41, 5.74) is 0.581. The number of piperidine rings is 1. The third kappa shape index (κ3) is 3.04. The smallest absolute Gasteiger partial charge is 0.275 e. The number of nitriles is 1. The molecule has 9 heteroatoms. The Morgan fingerprint density at radius 2 is 1.93 bits per heavy atom. The lowest BCUT2D eigenvalue weighted by molar-refractivity contribution is -0.136. The van der Waals surface area contributed by atoms with Crippen LogP contribution in [0.1, 0.15) is 24.6 Å². The van der Waals surface area contributed by atoms with Crippen molar-refractivity contribution in [1.82, 2.24) is 20.4 Å². The minimum Gasteiger partial charge on any atom is -0.369 e. The van der Waals surface area contributed by atoms with Gasteiger partial charge in [0.1, 0.15) is 12.1 Å². The average molecular weight is 366 g/mol. The molecule has 138 valence electrons. The molecule has 2 fully saturated rings. The number of fused-ring (bicyclic) bond motifs is 1. The van der Waals surface area contributed by atoms with Gasteiger partial charge in [-0.3, -0.25) is 19.7 Å². The van der Waals surface area contributed by atoms with Gasteiger partial charge in [0.15, 0.2) is 5.69 Å². The van der Waals surface area contributed by atoms with Crippen LogP contribution in [0.2, 0.25) is 0 Å². The molecule has 0 saturated carbocycles. The average Bonchev–Trinajstić information content (AvgIpc) is 2.69. The highest BCUT2D eigenvalue weighted by Crippen LogP contribution is 2.24. The number of hydrogen-bond donors (Lipinski definition) is 2. The van der Waals surface area contributed by atoms with Crippen molar-refractivity contribution in [2.45, 2.75) is 18.9 Å². The van der Waals surface area contributed by atoms with E-state index in [9.17, 15) is 19.6 Å². The fourth-order valence-corrected chi connectivity index (χ4v) is 3.57. The Balaban J connectivity index is 1.81. The summed E-state index contributed by atoms with van der Waals surface area (Å²) in [4.78, 5) is 38.6. The number of amides is 2. The second-order valence-corrected chi connectivity index (χ2v) is 6.64. The molecule has 2 aliphatic heterocycles. The molecule has 27 heavy (non-hydrogen) atoms. The Morgan fingerprint density at radius 3 is 2.63 bits per heavy atom. The molecule has 0 radical (unpaired) electrons. The molecular formula is C18H18N6O3. The fraction of sp³-hybridized carbons (Fsp3) is 0.389. The number of aromatic nitrogens is 2. The van der Waals surface area contributed by atoms with Crippen molar-refractivity contribution in [1.29, 1.82) is 5.26 Å². The fourth-order valence-electron chi connectivity index (χ4n) is 3.57. The Bertz CT molecular complexity index is 1030. The van der Waals surface area contributed by atoms with Crippen LogP contribution in [-0.4, -0.2) is 47.8 Å². The second-order valence-electron chi connectivity index (χ2n) is 6.64. The minimum absolute atomic E-state index is 0.0892. The number of benzene rings is 1. The maximum absolute atomic E-state index is 12.9. The second kappa shape index (κ2) is 6.81. The Kier molecular flexibility index (Phi) is 4.33. The number of carbonyl (C=O) groups is 2. The van der Waals surface area contributed by atoms with Crippen molar-refractivity contribution in [3.8, 4) is 6.07 Å². The summed E-state index contributed by atoms with van der Waals surface area (Å²) in [6, 6.07) is 6.48. The summed E-state index contributed by atoms with van der Waals surface area (Å²) in [5, 5.41) is 20.0. The number of rotatable bonds is 2. The summed E-state index contributed by atoms with van der Waals surface area (Å²) in [6.07, 6.45) is 0.319. The summed E-state index contributed by atoms with van der Waals surface area (Å²) in [6.45, 7) is 3.43. The van der Waals surface area contributed by atoms with Gasteiger partial charge in [0.25, 0.3) is 11.5 Å². The number of nitrogens with one attached hydrogen (secondary N) is 2. The van der Waals surface area contributed by atoms with E-state index in [-0.39, 0.29) is 24.4 Å². The van der Waals surface area contributed by atoms with E-state index in [1.807, 2.05) is 18.2 Å². The zero-order valence-corrected chi connectivity index (χ0v) is 14.6. The molecule has 2 amide bonds. The monoisotopic (exact) mass is 366 g/mol. The van der Waals surface area contributed by atoms with Gasteiger partial charge in [-0.1, -0.05) is 0 Å². The Hall–Kier alpha value is -3.25. The molecule has 1 aromatic carbocycles. The van der Waals surface area contributed by atoms with Crippen LogP contribution < -0.4 is 21.1 Å². The molecule has 1 aromatic heterocycles. The number of piperazine rings is 1. The summed E-state index contributed by atoms with van der Waals surface area (Å²) >= 11 is 0. The van der Waals surface area contributed by atoms with Crippen molar-refractivity contribution < 1.29 is 9.59 Å². The largest absolute Gasteiger partial charge is 0.369 e. The van der Waals surface area contributed by atoms with Crippen molar-refractivity contribution >= 4 is 28.3 Å². The van der Waals surface area contributed by atoms with Crippen molar-refractivity contribution in [2.24, 2.45) is 0 Å². The summed E-state index contributed by atoms with van der Waals surface area (Å²) in [7, 11) is 0. The summed E-state index contributed by atoms with van der Waals surface area (Å²) in [5.74, 6) is -0.937. The van der Waals surface area contributed by atoms with E-state index in [2.05, 4.69) is 20.6 Å². The highest BCUT2D eigenvalue weighted by atomic mass is 16.2. The van der Waals surface area contributed by atoms with Crippen LogP contribution in [0.15, 0.2) is 23.0 Å². The number of nitrogens with zero attached hydrogens (tertiary/aromatic N) is 4. The van der Waals surface area contributed by atoms with E-state index in [0.29, 0.717) is 10.8 Å². The van der Waals surface area contributed by atoms with E-state index in [1.165, 1.54) is 0 Å². The quantitative estimate of drug-likeness (QED) is 0.697. The first-order valence-corrected chi connectivity index (χ1v) is 8.84. The zero-order valence-electron chi connectivity index (χ0n) is 14.6. The molecule has 0 aliphatic carbocycles. The maximum atomic E-state index is 12.9. The first kappa shape index (κ1) is 17.2. The molecule has 1 unspecified atom stereocenters. The Labute approximate surface area is 154 Å². The van der Waals surface area contributed by atoms with Gasteiger partial charge < -0.3 is 10.2 Å². The van der Waals surface area contributed by atoms with Crippen LogP contribution in [0.4, 0.5) is 5.69 Å². The van der Waals surface area contributed by atoms with Crippen LogP contribution in [0, 0.1) is 11.3 Å². The van der Waals surface area contributed by atoms with E-state index in [4.69, 9.17) is 0 Å². The first-order valence-electron chi connectivity index (χ1n) is 8.84. The van der Waals surface area contributed by atoms with Gasteiger partial charge in [-0.15, -0.1) is 0 Å². The minimum atomic E-state index is -0.889. The standard InChI is InChI=1S/C18H18N6O3/c19-10-14-13-9-11(23-7-5-20-6-8-23)1-2-12(13)18(27)24(22-14)15-3-4-16(25)21-17(15)26/h1-2,9,15,20H,3-8H2,(H,21,25,26). The van der Waals surface area contributed by atoms with Gasteiger partial charge >= 0.3 is 0 Å². The molecule has 0 bridgehead atoms. The van der Waals surface area contributed by atoms with Crippen LogP contribution in [0.5, 0.6) is 0 Å². The normalized spacial score (nSPS) is 20.4. The lowest BCUT2D eigenvalue weighted by Gasteiger charge is -2.29. The molecule has 0 spiro atoms. The number of imide groups is 1. The first-order chi connectivity index (χ1) is 13.1.